The van der Waals surface area contributed by atoms with Gasteiger partial charge in [-0.2, -0.15) is 48.3 Å². The Balaban J connectivity index is 1.75. The molecule has 0 saturated heterocycles. The zero-order valence-electron chi connectivity index (χ0n) is 23.4. The van der Waals surface area contributed by atoms with Crippen LogP contribution in [-0.2, 0) is 31.4 Å². The van der Waals surface area contributed by atoms with E-state index in [9.17, 15) is 53.4 Å². The van der Waals surface area contributed by atoms with E-state index >= 15 is 0 Å². The fraction of sp³-hybridized carbons (Fsp3) is 0.250. The van der Waals surface area contributed by atoms with Crippen molar-refractivity contribution in [3.8, 4) is 5.75 Å². The molecule has 46 heavy (non-hydrogen) atoms. The van der Waals surface area contributed by atoms with E-state index in [1.54, 1.807) is 0 Å². The Morgan fingerprint density at radius 1 is 0.630 bits per heavy atom. The van der Waals surface area contributed by atoms with Crippen molar-refractivity contribution in [2.75, 3.05) is 11.5 Å². The van der Waals surface area contributed by atoms with Crippen molar-refractivity contribution >= 4 is 5.69 Å². The highest BCUT2D eigenvalue weighted by Gasteiger charge is 2.58. The Morgan fingerprint density at radius 3 is 1.87 bits per heavy atom. The van der Waals surface area contributed by atoms with Gasteiger partial charge in [-0.25, -0.2) is 0 Å². The van der Waals surface area contributed by atoms with E-state index in [2.05, 4.69) is 0 Å². The van der Waals surface area contributed by atoms with Crippen LogP contribution in [0.15, 0.2) is 97.1 Å². The van der Waals surface area contributed by atoms with Crippen molar-refractivity contribution in [1.82, 2.24) is 0 Å². The Kier molecular flexibility index (Phi) is 9.90. The van der Waals surface area contributed by atoms with Crippen LogP contribution in [-0.4, -0.2) is 17.9 Å². The highest BCUT2D eigenvalue weighted by Crippen LogP contribution is 2.44. The van der Waals surface area contributed by atoms with Gasteiger partial charge in [-0.3, -0.25) is 0 Å². The fourth-order valence-electron chi connectivity index (χ4n) is 4.77. The van der Waals surface area contributed by atoms with Crippen LogP contribution >= 0.6 is 0 Å². The van der Waals surface area contributed by atoms with E-state index in [-0.39, 0.29) is 29.2 Å². The van der Waals surface area contributed by atoms with E-state index in [4.69, 9.17) is 4.74 Å². The van der Waals surface area contributed by atoms with E-state index < -0.39 is 65.9 Å². The van der Waals surface area contributed by atoms with E-state index in [1.165, 1.54) is 53.4 Å². The van der Waals surface area contributed by atoms with Gasteiger partial charge in [0.2, 0.25) is 0 Å². The zero-order chi connectivity index (χ0) is 33.9. The van der Waals surface area contributed by atoms with Gasteiger partial charge in [0, 0.05) is 23.9 Å². The summed E-state index contributed by atoms with van der Waals surface area (Å²) in [5, 5.41) is 10.4. The Bertz CT molecular complexity index is 1630. The number of aliphatic hydroxyl groups excluding tert-OH is 1. The first-order valence-corrected chi connectivity index (χ1v) is 13.4. The molecule has 0 aliphatic rings. The number of ether oxygens (including phenoxy) is 1. The van der Waals surface area contributed by atoms with Crippen LogP contribution < -0.4 is 9.64 Å². The summed E-state index contributed by atoms with van der Waals surface area (Å²) in [7, 11) is 0. The molecule has 4 aromatic carbocycles. The van der Waals surface area contributed by atoms with Crippen molar-refractivity contribution < 1.29 is 58.1 Å². The number of hydrogen-bond acceptors (Lipinski definition) is 3. The van der Waals surface area contributed by atoms with Crippen LogP contribution in [0.3, 0.4) is 0 Å². The van der Waals surface area contributed by atoms with Crippen LogP contribution in [0.1, 0.15) is 39.4 Å². The SMILES string of the molecule is OCC(c1ccccc1C(F)(F)F)N(Cc1cccc(C(F)(F)C(F)(F)F)c1)c1cccc(OCc2cccc(C(F)(F)F)c2)c1. The summed E-state index contributed by atoms with van der Waals surface area (Å²) in [6.45, 7) is -1.83. The third-order valence-electron chi connectivity index (χ3n) is 6.98. The first-order valence-electron chi connectivity index (χ1n) is 13.4. The van der Waals surface area contributed by atoms with Crippen LogP contribution in [0.2, 0.25) is 0 Å². The Morgan fingerprint density at radius 2 is 1.24 bits per heavy atom. The van der Waals surface area contributed by atoms with Gasteiger partial charge >= 0.3 is 24.5 Å². The second-order valence-corrected chi connectivity index (χ2v) is 10.2. The average Bonchev–Trinajstić information content (AvgIpc) is 2.99. The maximum atomic E-state index is 14.2. The topological polar surface area (TPSA) is 32.7 Å². The van der Waals surface area contributed by atoms with Crippen LogP contribution in [0.4, 0.5) is 54.0 Å². The molecule has 1 N–H and O–H groups in total. The minimum Gasteiger partial charge on any atom is -0.489 e. The maximum Gasteiger partial charge on any atom is 0.458 e. The predicted octanol–water partition coefficient (Wildman–Crippen LogP) is 9.70. The number of alkyl halides is 11. The number of rotatable bonds is 10. The summed E-state index contributed by atoms with van der Waals surface area (Å²) in [5.74, 6) is -5.19. The molecular formula is C32H24F11NO2. The number of hydrogen-bond donors (Lipinski definition) is 1. The lowest BCUT2D eigenvalue weighted by Crippen LogP contribution is -2.34. The lowest BCUT2D eigenvalue weighted by Gasteiger charge is -2.35. The molecule has 1 atom stereocenters. The van der Waals surface area contributed by atoms with E-state index in [0.29, 0.717) is 12.1 Å². The first-order chi connectivity index (χ1) is 21.4. The fourth-order valence-corrected chi connectivity index (χ4v) is 4.77. The lowest BCUT2D eigenvalue weighted by molar-refractivity contribution is -0.289. The van der Waals surface area contributed by atoms with Crippen LogP contribution in [0.5, 0.6) is 5.75 Å². The summed E-state index contributed by atoms with van der Waals surface area (Å²) in [5.41, 5.74) is -3.79. The van der Waals surface area contributed by atoms with Gasteiger partial charge in [0.1, 0.15) is 12.4 Å². The molecule has 0 saturated carbocycles. The lowest BCUT2D eigenvalue weighted by atomic mass is 9.97. The van der Waals surface area contributed by atoms with Crippen molar-refractivity contribution in [3.05, 3.63) is 130 Å². The molecule has 14 heteroatoms. The number of anilines is 1. The van der Waals surface area contributed by atoms with Crippen molar-refractivity contribution in [2.24, 2.45) is 0 Å². The van der Waals surface area contributed by atoms with Gasteiger partial charge in [-0.15, -0.1) is 0 Å². The maximum absolute atomic E-state index is 14.2. The van der Waals surface area contributed by atoms with Crippen molar-refractivity contribution in [2.45, 2.75) is 43.6 Å². The molecule has 0 aliphatic heterocycles. The second-order valence-electron chi connectivity index (χ2n) is 10.2. The highest BCUT2D eigenvalue weighted by molar-refractivity contribution is 5.54. The van der Waals surface area contributed by atoms with Crippen molar-refractivity contribution in [1.29, 1.82) is 0 Å². The smallest absolute Gasteiger partial charge is 0.458 e. The Hall–Kier alpha value is -4.33. The van der Waals surface area contributed by atoms with Crippen molar-refractivity contribution in [3.63, 3.8) is 0 Å². The standard InChI is InChI=1S/C32H24F11NO2/c33-29(34,32(41,42)43)22-8-3-6-20(14-22)17-44(28(18-45)26-12-1-2-13-27(26)31(38,39)40)24-10-5-11-25(16-24)46-19-21-7-4-9-23(15-21)30(35,36)37/h1-16,28,45H,17-19H2. The third-order valence-corrected chi connectivity index (χ3v) is 6.98. The van der Waals surface area contributed by atoms with E-state index in [1.807, 2.05) is 0 Å². The largest absolute Gasteiger partial charge is 0.489 e. The molecule has 0 heterocycles. The molecule has 1 unspecified atom stereocenters. The molecule has 4 rings (SSSR count). The average molecular weight is 664 g/mol. The number of nitrogens with zero attached hydrogens (tertiary/aromatic N) is 1. The van der Waals surface area contributed by atoms with Gasteiger partial charge < -0.3 is 14.7 Å². The predicted molar refractivity (Wildman–Crippen MR) is 146 cm³/mol. The third kappa shape index (κ3) is 7.90. The van der Waals surface area contributed by atoms with Crippen LogP contribution in [0, 0.1) is 0 Å². The van der Waals surface area contributed by atoms with Gasteiger partial charge in [-0.05, 0) is 53.1 Å². The quantitative estimate of drug-likeness (QED) is 0.172. The Labute approximate surface area is 255 Å². The minimum atomic E-state index is -5.92. The molecule has 0 radical (unpaired) electrons. The van der Waals surface area contributed by atoms with Gasteiger partial charge in [-0.1, -0.05) is 54.6 Å². The summed E-state index contributed by atoms with van der Waals surface area (Å²) in [6.07, 6.45) is -15.4. The first kappa shape index (κ1) is 34.5. The molecule has 0 bridgehead atoms. The molecular weight excluding hydrogens is 639 g/mol. The van der Waals surface area contributed by atoms with E-state index in [0.717, 1.165) is 36.4 Å². The summed E-state index contributed by atoms with van der Waals surface area (Å²) < 4.78 is 155. The molecule has 0 spiro atoms. The number of aliphatic hydroxyl groups is 1. The normalized spacial score (nSPS) is 13.4. The molecule has 0 aromatic heterocycles. The molecule has 0 aliphatic carbocycles. The summed E-state index contributed by atoms with van der Waals surface area (Å²) >= 11 is 0. The molecule has 4 aromatic rings. The van der Waals surface area contributed by atoms with Gasteiger partial charge in [0.15, 0.2) is 0 Å². The molecule has 3 nitrogen and oxygen atoms in total. The van der Waals surface area contributed by atoms with Crippen LogP contribution in [0.25, 0.3) is 0 Å². The zero-order valence-corrected chi connectivity index (χ0v) is 23.4. The van der Waals surface area contributed by atoms with Gasteiger partial charge in [0.05, 0.1) is 23.8 Å². The molecule has 0 fully saturated rings. The minimum absolute atomic E-state index is 0.0399. The van der Waals surface area contributed by atoms with Gasteiger partial charge in [0.25, 0.3) is 0 Å². The molecule has 246 valence electrons. The molecule has 0 amide bonds. The number of halogens is 11. The highest BCUT2D eigenvalue weighted by atomic mass is 19.4. The summed E-state index contributed by atoms with van der Waals surface area (Å²) in [4.78, 5) is 1.17. The summed E-state index contributed by atoms with van der Waals surface area (Å²) in [6, 6.07) is 15.8. The second kappa shape index (κ2) is 13.2. The number of benzene rings is 4. The monoisotopic (exact) mass is 663 g/mol.